The van der Waals surface area contributed by atoms with Crippen LogP contribution >= 0.6 is 0 Å². The van der Waals surface area contributed by atoms with Crippen LogP contribution in [-0.2, 0) is 4.79 Å². The van der Waals surface area contributed by atoms with E-state index in [1.165, 1.54) is 25.3 Å². The Kier molecular flexibility index (Phi) is 8.47. The van der Waals surface area contributed by atoms with Crippen LogP contribution in [0.3, 0.4) is 0 Å². The van der Waals surface area contributed by atoms with Gasteiger partial charge in [0.05, 0.1) is 5.56 Å². The van der Waals surface area contributed by atoms with Crippen LogP contribution in [0.4, 0.5) is 4.39 Å². The Labute approximate surface area is 210 Å². The number of piperazine rings is 1. The number of hydrogen-bond acceptors (Lipinski definition) is 5. The van der Waals surface area contributed by atoms with Gasteiger partial charge in [-0.15, -0.1) is 0 Å². The monoisotopic (exact) mass is 496 g/mol. The maximum absolute atomic E-state index is 14.5. The van der Waals surface area contributed by atoms with E-state index in [-0.39, 0.29) is 35.0 Å². The van der Waals surface area contributed by atoms with E-state index in [0.29, 0.717) is 48.4 Å². The summed E-state index contributed by atoms with van der Waals surface area (Å²) in [6, 6.07) is 7.87. The number of aryl methyl sites for hydroxylation is 2. The second-order valence-corrected chi connectivity index (χ2v) is 9.07. The first kappa shape index (κ1) is 26.9. The van der Waals surface area contributed by atoms with Crippen LogP contribution < -0.4 is 15.8 Å². The lowest BCUT2D eigenvalue weighted by molar-refractivity contribution is -0.130. The molecule has 0 radical (unpaired) electrons. The molecule has 0 unspecified atom stereocenters. The molecule has 2 aromatic rings. The Morgan fingerprint density at radius 1 is 1.19 bits per heavy atom. The van der Waals surface area contributed by atoms with Gasteiger partial charge in [-0.3, -0.25) is 19.3 Å². The highest BCUT2D eigenvalue weighted by atomic mass is 19.1. The summed E-state index contributed by atoms with van der Waals surface area (Å²) in [6.45, 7) is 11.0. The second-order valence-electron chi connectivity index (χ2n) is 9.07. The van der Waals surface area contributed by atoms with Crippen molar-refractivity contribution in [3.05, 3.63) is 76.6 Å². The third-order valence-electron chi connectivity index (χ3n) is 6.49. The summed E-state index contributed by atoms with van der Waals surface area (Å²) in [5.41, 5.74) is 7.71. The molecular formula is C27H33FN4O4. The minimum Gasteiger partial charge on any atom is -0.484 e. The Balaban J connectivity index is 1.95. The van der Waals surface area contributed by atoms with E-state index in [0.717, 1.165) is 0 Å². The number of nitrogens with one attached hydrogen (secondary N) is 1. The molecule has 3 amide bonds. The molecule has 1 heterocycles. The fraction of sp³-hybridized carbons (Fsp3) is 0.370. The molecule has 1 aliphatic heterocycles. The normalized spacial score (nSPS) is 16.8. The molecule has 9 heteroatoms. The highest BCUT2D eigenvalue weighted by Crippen LogP contribution is 2.30. The van der Waals surface area contributed by atoms with E-state index in [1.54, 1.807) is 36.9 Å². The number of benzene rings is 2. The lowest BCUT2D eigenvalue weighted by Gasteiger charge is -2.40. The Bertz CT molecular complexity index is 1180. The zero-order valence-electron chi connectivity index (χ0n) is 21.1. The van der Waals surface area contributed by atoms with Crippen molar-refractivity contribution in [1.82, 2.24) is 15.1 Å². The Morgan fingerprint density at radius 3 is 2.50 bits per heavy atom. The van der Waals surface area contributed by atoms with E-state index < -0.39 is 12.0 Å². The highest BCUT2D eigenvalue weighted by Gasteiger charge is 2.29. The molecule has 2 atom stereocenters. The molecule has 3 N–H and O–H groups in total. The number of amides is 3. The van der Waals surface area contributed by atoms with Gasteiger partial charge < -0.3 is 20.7 Å². The lowest BCUT2D eigenvalue weighted by atomic mass is 10.0. The van der Waals surface area contributed by atoms with E-state index in [2.05, 4.69) is 16.8 Å². The molecule has 1 fully saturated rings. The molecule has 0 spiro atoms. The first-order valence-electron chi connectivity index (χ1n) is 11.8. The fourth-order valence-corrected chi connectivity index (χ4v) is 4.40. The Morgan fingerprint density at radius 2 is 1.92 bits per heavy atom. The number of nitrogens with zero attached hydrogens (tertiary/aromatic N) is 2. The van der Waals surface area contributed by atoms with Crippen molar-refractivity contribution < 1.29 is 23.5 Å². The van der Waals surface area contributed by atoms with Gasteiger partial charge in [0.25, 0.3) is 11.8 Å². The first-order chi connectivity index (χ1) is 17.0. The van der Waals surface area contributed by atoms with Crippen LogP contribution in [0, 0.1) is 19.7 Å². The topological polar surface area (TPSA) is 105 Å². The van der Waals surface area contributed by atoms with Crippen molar-refractivity contribution in [2.75, 3.05) is 33.2 Å². The van der Waals surface area contributed by atoms with Crippen molar-refractivity contribution in [3.63, 3.8) is 0 Å². The highest BCUT2D eigenvalue weighted by molar-refractivity contribution is 6.01. The summed E-state index contributed by atoms with van der Waals surface area (Å²) < 4.78 is 20.8. The van der Waals surface area contributed by atoms with E-state index >= 15 is 0 Å². The van der Waals surface area contributed by atoms with Crippen molar-refractivity contribution in [1.29, 1.82) is 0 Å². The van der Waals surface area contributed by atoms with Crippen LogP contribution in [0.25, 0.3) is 0 Å². The summed E-state index contributed by atoms with van der Waals surface area (Å²) in [6.07, 6.45) is 0.667. The van der Waals surface area contributed by atoms with Gasteiger partial charge in [0.2, 0.25) is 5.91 Å². The molecule has 0 aliphatic carbocycles. The minimum absolute atomic E-state index is 0.0464. The number of rotatable bonds is 8. The fourth-order valence-electron chi connectivity index (χ4n) is 4.40. The maximum atomic E-state index is 14.5. The predicted molar refractivity (Wildman–Crippen MR) is 135 cm³/mol. The standard InChI is InChI=1S/C27H33FN4O4/c1-6-25(33)32-10-9-31(14-18(32)4)15-24(19-8-7-16(2)22(28)12-19)36-23-11-17(3)20(27(35)30-5)13-21(23)26(29)34/h6-8,11-13,18,24H,1,9-10,14-15H2,2-5H3,(H2,29,34)(H,30,35)/t18-,24+/m1/s1. The molecule has 0 saturated carbocycles. The van der Waals surface area contributed by atoms with Gasteiger partial charge in [0.15, 0.2) is 0 Å². The predicted octanol–water partition coefficient (Wildman–Crippen LogP) is 2.74. The van der Waals surface area contributed by atoms with Crippen molar-refractivity contribution in [2.24, 2.45) is 5.73 Å². The summed E-state index contributed by atoms with van der Waals surface area (Å²) in [4.78, 5) is 40.5. The van der Waals surface area contributed by atoms with Crippen LogP contribution in [0.1, 0.15) is 50.4 Å². The number of carbonyl (C=O) groups excluding carboxylic acids is 3. The van der Waals surface area contributed by atoms with Gasteiger partial charge in [0.1, 0.15) is 17.7 Å². The molecule has 36 heavy (non-hydrogen) atoms. The molecule has 3 rings (SSSR count). The molecular weight excluding hydrogens is 463 g/mol. The van der Waals surface area contributed by atoms with Crippen LogP contribution in [-0.4, -0.2) is 66.8 Å². The Hall–Kier alpha value is -3.72. The molecule has 2 aromatic carbocycles. The largest absolute Gasteiger partial charge is 0.484 e. The van der Waals surface area contributed by atoms with Gasteiger partial charge in [0, 0.05) is 44.8 Å². The van der Waals surface area contributed by atoms with E-state index in [4.69, 9.17) is 10.5 Å². The zero-order valence-corrected chi connectivity index (χ0v) is 21.1. The summed E-state index contributed by atoms with van der Waals surface area (Å²) in [5, 5.41) is 2.55. The quantitative estimate of drug-likeness (QED) is 0.547. The van der Waals surface area contributed by atoms with Crippen LogP contribution in [0.2, 0.25) is 0 Å². The number of primary amides is 1. The van der Waals surface area contributed by atoms with Crippen molar-refractivity contribution >= 4 is 17.7 Å². The molecule has 1 saturated heterocycles. The third kappa shape index (κ3) is 5.91. The van der Waals surface area contributed by atoms with Gasteiger partial charge >= 0.3 is 0 Å². The first-order valence-corrected chi connectivity index (χ1v) is 11.8. The number of hydrogen-bond donors (Lipinski definition) is 2. The van der Waals surface area contributed by atoms with E-state index in [9.17, 15) is 18.8 Å². The van der Waals surface area contributed by atoms with Gasteiger partial charge in [-0.05, 0) is 61.7 Å². The second kappa shape index (κ2) is 11.3. The molecule has 192 valence electrons. The molecule has 0 aromatic heterocycles. The average Bonchev–Trinajstić information content (AvgIpc) is 2.84. The summed E-state index contributed by atoms with van der Waals surface area (Å²) >= 11 is 0. The smallest absolute Gasteiger partial charge is 0.252 e. The molecule has 0 bridgehead atoms. The van der Waals surface area contributed by atoms with E-state index in [1.807, 2.05) is 6.92 Å². The zero-order chi connectivity index (χ0) is 26.6. The average molecular weight is 497 g/mol. The summed E-state index contributed by atoms with van der Waals surface area (Å²) in [7, 11) is 1.50. The summed E-state index contributed by atoms with van der Waals surface area (Å²) in [5.74, 6) is -1.36. The third-order valence-corrected chi connectivity index (χ3v) is 6.49. The molecule has 1 aliphatic rings. The number of carbonyl (C=O) groups is 3. The SMILES string of the molecule is C=CC(=O)N1CCN(C[C@H](Oc2cc(C)c(C(=O)NC)cc2C(N)=O)c2ccc(C)c(F)c2)C[C@H]1C. The van der Waals surface area contributed by atoms with Crippen LogP contribution in [0.15, 0.2) is 43.0 Å². The van der Waals surface area contributed by atoms with Gasteiger partial charge in [-0.1, -0.05) is 18.7 Å². The lowest BCUT2D eigenvalue weighted by Crippen LogP contribution is -2.54. The minimum atomic E-state index is -0.742. The van der Waals surface area contributed by atoms with Crippen LogP contribution in [0.5, 0.6) is 5.75 Å². The number of halogens is 1. The van der Waals surface area contributed by atoms with Gasteiger partial charge in [-0.25, -0.2) is 4.39 Å². The van der Waals surface area contributed by atoms with Crippen molar-refractivity contribution in [3.8, 4) is 5.75 Å². The molecule has 8 nitrogen and oxygen atoms in total. The maximum Gasteiger partial charge on any atom is 0.252 e. The number of ether oxygens (including phenoxy) is 1. The van der Waals surface area contributed by atoms with Crippen molar-refractivity contribution in [2.45, 2.75) is 32.9 Å². The number of nitrogens with two attached hydrogens (primary N) is 1. The van der Waals surface area contributed by atoms with Gasteiger partial charge in [-0.2, -0.15) is 0 Å².